The van der Waals surface area contributed by atoms with E-state index in [2.05, 4.69) is 19.8 Å². The lowest BCUT2D eigenvalue weighted by molar-refractivity contribution is -0.380. The second-order valence-corrected chi connectivity index (χ2v) is 12.5. The molecule has 16 nitrogen and oxygen atoms in total. The van der Waals surface area contributed by atoms with Crippen LogP contribution in [-0.2, 0) is 27.3 Å². The van der Waals surface area contributed by atoms with E-state index in [1.807, 2.05) is 6.07 Å². The van der Waals surface area contributed by atoms with Gasteiger partial charge in [-0.2, -0.15) is 0 Å². The van der Waals surface area contributed by atoms with Crippen LogP contribution >= 0.6 is 8.17 Å². The maximum Gasteiger partial charge on any atom is 0.395 e. The number of fused-ring (bicyclic) bond motifs is 1. The van der Waals surface area contributed by atoms with Gasteiger partial charge in [0.2, 0.25) is 5.75 Å². The Morgan fingerprint density at radius 1 is 1.04 bits per heavy atom. The number of hydrogen-bond donors (Lipinski definition) is 3. The highest BCUT2D eigenvalue weighted by Gasteiger charge is 2.63. The number of aromatic nitrogens is 2. The number of carbonyl (C=O) groups excluding carboxylic acids is 1. The smallest absolute Gasteiger partial charge is 0.395 e. The molecule has 52 heavy (non-hydrogen) atoms. The predicted molar refractivity (Wildman–Crippen MR) is 185 cm³/mol. The summed E-state index contributed by atoms with van der Waals surface area (Å²) in [7, 11) is -3.06. The first-order valence-electron chi connectivity index (χ1n) is 15.9. The highest BCUT2D eigenvalue weighted by atomic mass is 31.1. The fourth-order valence-electron chi connectivity index (χ4n) is 5.83. The lowest BCUT2D eigenvalue weighted by atomic mass is 10.0. The summed E-state index contributed by atoms with van der Waals surface area (Å²) in [6.45, 7) is -0.258. The van der Waals surface area contributed by atoms with Crippen molar-refractivity contribution in [2.24, 2.45) is 9.86 Å². The summed E-state index contributed by atoms with van der Waals surface area (Å²) in [4.78, 5) is 56.2. The van der Waals surface area contributed by atoms with Gasteiger partial charge in [0.25, 0.3) is 11.3 Å². The van der Waals surface area contributed by atoms with Gasteiger partial charge < -0.3 is 29.3 Å². The first kappa shape index (κ1) is 35.9. The molecule has 6 rings (SSSR count). The zero-order valence-electron chi connectivity index (χ0n) is 27.2. The summed E-state index contributed by atoms with van der Waals surface area (Å²) in [6.07, 6.45) is 1.06. The number of esters is 1. The quantitative estimate of drug-likeness (QED) is 0.0394. The number of rotatable bonds is 13. The van der Waals surface area contributed by atoms with Gasteiger partial charge in [0.15, 0.2) is 11.8 Å². The van der Waals surface area contributed by atoms with Crippen molar-refractivity contribution in [3.8, 4) is 11.5 Å². The summed E-state index contributed by atoms with van der Waals surface area (Å²) in [5, 5.41) is 27.5. The van der Waals surface area contributed by atoms with Crippen molar-refractivity contribution >= 4 is 24.9 Å². The molecule has 1 unspecified atom stereocenters. The van der Waals surface area contributed by atoms with Crippen LogP contribution in [0.15, 0.2) is 129 Å². The van der Waals surface area contributed by atoms with Gasteiger partial charge in [0, 0.05) is 29.0 Å². The normalized spacial score (nSPS) is 18.0. The second kappa shape index (κ2) is 15.6. The van der Waals surface area contributed by atoms with E-state index in [1.165, 1.54) is 6.07 Å². The summed E-state index contributed by atoms with van der Waals surface area (Å²) in [5.41, 5.74) is 6.62. The Kier molecular flexibility index (Phi) is 10.8. The zero-order chi connectivity index (χ0) is 36.7. The average Bonchev–Trinajstić information content (AvgIpc) is 3.57. The lowest BCUT2D eigenvalue weighted by Crippen LogP contribution is -2.61. The van der Waals surface area contributed by atoms with Crippen molar-refractivity contribution in [3.05, 3.63) is 152 Å². The average molecular weight is 727 g/mol. The molecule has 0 saturated carbocycles. The maximum absolute atomic E-state index is 13.7. The maximum atomic E-state index is 13.7. The molecule has 5 aromatic rings. The third-order valence-corrected chi connectivity index (χ3v) is 9.08. The Morgan fingerprint density at radius 3 is 2.44 bits per heavy atom. The van der Waals surface area contributed by atoms with Gasteiger partial charge in [0.1, 0.15) is 6.61 Å². The number of nitrogens with zero attached hydrogens (tertiary/aromatic N) is 5. The number of carbonyl (C=O) groups is 1. The Bertz CT molecular complexity index is 2260. The molecule has 0 amide bonds. The van der Waals surface area contributed by atoms with Gasteiger partial charge >= 0.3 is 25.8 Å². The number of aromatic amines is 1. The van der Waals surface area contributed by atoms with E-state index >= 15 is 0 Å². The van der Waals surface area contributed by atoms with Crippen LogP contribution in [-0.4, -0.2) is 50.1 Å². The van der Waals surface area contributed by atoms with Crippen LogP contribution in [0.1, 0.15) is 23.6 Å². The number of ether oxygens (including phenoxy) is 3. The third-order valence-electron chi connectivity index (χ3n) is 8.28. The van der Waals surface area contributed by atoms with Gasteiger partial charge in [-0.05, 0) is 39.6 Å². The summed E-state index contributed by atoms with van der Waals surface area (Å²) in [6, 6.07) is 25.8. The number of azide groups is 1. The van der Waals surface area contributed by atoms with E-state index in [0.717, 1.165) is 22.4 Å². The van der Waals surface area contributed by atoms with E-state index in [0.29, 0.717) is 16.3 Å². The zero-order valence-corrected chi connectivity index (χ0v) is 28.1. The summed E-state index contributed by atoms with van der Waals surface area (Å²) < 4.78 is 27.7. The van der Waals surface area contributed by atoms with Gasteiger partial charge in [-0.3, -0.25) is 18.9 Å². The third kappa shape index (κ3) is 7.72. The number of H-pyrrole nitrogens is 1. The minimum Gasteiger partial charge on any atom is -0.575 e. The molecule has 1 saturated heterocycles. The van der Waals surface area contributed by atoms with Crippen LogP contribution < -0.4 is 25.4 Å². The molecule has 0 spiro atoms. The second-order valence-electron chi connectivity index (χ2n) is 11.6. The summed E-state index contributed by atoms with van der Waals surface area (Å²) in [5.74, 6) is -4.92. The highest BCUT2D eigenvalue weighted by molar-refractivity contribution is 7.34. The Hall–Kier alpha value is -5.86. The van der Waals surface area contributed by atoms with Crippen LogP contribution in [0.4, 0.5) is 0 Å². The Balaban J connectivity index is 1.35. The van der Waals surface area contributed by atoms with Crippen molar-refractivity contribution in [1.29, 1.82) is 0 Å². The molecule has 17 heteroatoms. The van der Waals surface area contributed by atoms with E-state index < -0.39 is 54.9 Å². The number of nitrogens with one attached hydrogen (secondary N) is 1. The molecule has 0 bridgehead atoms. The first-order chi connectivity index (χ1) is 25.1. The standard InChI is InChI=1S/C35H31N6O10P/c36-40-39-34(29(18-20-49-34)41-19-17-30(42)37-33(41)44)35(45,46)50-28-16-15-25-13-7-8-14-26(25)31(28)51-52(47)38-27(21-23-9-3-1-4-10-23)32(43)48-22-24-11-5-2-6-12-24/h1-17,19,27,29,45-46H,18,20-22H2,(H,37,42,44)/t27-,29-,34-/m0/s1. The Labute approximate surface area is 295 Å². The van der Waals surface area contributed by atoms with Crippen LogP contribution in [0.3, 0.4) is 0 Å². The molecule has 1 aliphatic heterocycles. The SMILES string of the molecule is [N-]=[N+]=N[C@]1(C(O)(O)Oc2ccc3ccccc3c2O[P+]([O-])=N[C@@H](Cc2ccccc2)C(=O)OCc2ccccc2)OCC[C@@H]1n1ccc(=O)[nH]c1=O. The molecule has 4 atom stereocenters. The molecule has 0 aliphatic carbocycles. The molecule has 266 valence electrons. The Morgan fingerprint density at radius 2 is 1.73 bits per heavy atom. The number of benzene rings is 4. The van der Waals surface area contributed by atoms with Crippen LogP contribution in [0.2, 0.25) is 0 Å². The number of hydrogen-bond acceptors (Lipinski definition) is 12. The summed E-state index contributed by atoms with van der Waals surface area (Å²) >= 11 is 0. The van der Waals surface area contributed by atoms with Gasteiger partial charge in [0.05, 0.1) is 12.6 Å². The van der Waals surface area contributed by atoms with Crippen molar-refractivity contribution in [3.63, 3.8) is 0 Å². The first-order valence-corrected chi connectivity index (χ1v) is 17.0. The van der Waals surface area contributed by atoms with Crippen LogP contribution in [0.5, 0.6) is 11.5 Å². The van der Waals surface area contributed by atoms with Gasteiger partial charge in [-0.25, -0.2) is 9.59 Å². The van der Waals surface area contributed by atoms with Crippen molar-refractivity contribution < 1.29 is 38.6 Å². The van der Waals surface area contributed by atoms with E-state index in [-0.39, 0.29) is 31.8 Å². The lowest BCUT2D eigenvalue weighted by Gasteiger charge is -2.39. The van der Waals surface area contributed by atoms with Crippen molar-refractivity contribution in [2.45, 2.75) is 43.2 Å². The number of aliphatic hydroxyl groups is 2. The molecule has 1 aliphatic rings. The van der Waals surface area contributed by atoms with Crippen molar-refractivity contribution in [2.75, 3.05) is 6.61 Å². The molecular formula is C35H31N6O10P. The van der Waals surface area contributed by atoms with Gasteiger partial charge in [-0.15, -0.1) is 0 Å². The molecule has 2 heterocycles. The molecule has 1 aromatic heterocycles. The van der Waals surface area contributed by atoms with Crippen LogP contribution in [0, 0.1) is 0 Å². The largest absolute Gasteiger partial charge is 0.575 e. The van der Waals surface area contributed by atoms with Crippen molar-refractivity contribution in [1.82, 2.24) is 9.55 Å². The fourth-order valence-corrected chi connectivity index (χ4v) is 6.62. The van der Waals surface area contributed by atoms with E-state index in [1.54, 1.807) is 84.9 Å². The predicted octanol–water partition coefficient (Wildman–Crippen LogP) is 3.96. The van der Waals surface area contributed by atoms with E-state index in [9.17, 15) is 35.0 Å². The monoisotopic (exact) mass is 726 g/mol. The van der Waals surface area contributed by atoms with Crippen LogP contribution in [0.25, 0.3) is 21.2 Å². The molecular weight excluding hydrogens is 695 g/mol. The topological polar surface area (TPSA) is 233 Å². The minimum atomic E-state index is -3.50. The molecule has 1 fully saturated rings. The highest BCUT2D eigenvalue weighted by Crippen LogP contribution is 2.47. The molecule has 4 aromatic carbocycles. The molecule has 3 N–H and O–H groups in total. The van der Waals surface area contributed by atoms with Gasteiger partial charge in [-0.1, -0.05) is 95.7 Å². The molecule has 0 radical (unpaired) electrons. The minimum absolute atomic E-state index is 0.0334. The fraction of sp³-hybridized carbons (Fsp3) is 0.229. The van der Waals surface area contributed by atoms with E-state index in [4.69, 9.17) is 18.7 Å².